The van der Waals surface area contributed by atoms with Gasteiger partial charge in [-0.3, -0.25) is 4.79 Å². The summed E-state index contributed by atoms with van der Waals surface area (Å²) in [6, 6.07) is 15.3. The molecule has 0 aromatic heterocycles. The number of aryl methyl sites for hydroxylation is 2. The minimum atomic E-state index is -3.36. The van der Waals surface area contributed by atoms with E-state index in [1.54, 1.807) is 0 Å². The highest BCUT2D eigenvalue weighted by Gasteiger charge is 2.31. The van der Waals surface area contributed by atoms with Gasteiger partial charge in [0.05, 0.1) is 5.75 Å². The smallest absolute Gasteiger partial charge is 0.223 e. The molecule has 0 saturated carbocycles. The molecule has 3 rings (SSSR count). The Bertz CT molecular complexity index is 953. The lowest BCUT2D eigenvalue weighted by Crippen LogP contribution is -2.43. The van der Waals surface area contributed by atoms with Crippen molar-refractivity contribution in [2.75, 3.05) is 19.6 Å². The number of benzene rings is 2. The normalized spacial score (nSPS) is 15.8. The predicted molar refractivity (Wildman–Crippen MR) is 121 cm³/mol. The predicted octanol–water partition coefficient (Wildman–Crippen LogP) is 3.94. The van der Waals surface area contributed by atoms with Crippen molar-refractivity contribution in [3.05, 3.63) is 70.2 Å². The molecule has 1 N–H and O–H groups in total. The summed E-state index contributed by atoms with van der Waals surface area (Å²) in [6.45, 7) is 3.37. The number of nitrogens with zero attached hydrogens (tertiary/aromatic N) is 1. The van der Waals surface area contributed by atoms with Crippen LogP contribution < -0.4 is 5.32 Å². The van der Waals surface area contributed by atoms with E-state index in [4.69, 9.17) is 11.6 Å². The summed E-state index contributed by atoms with van der Waals surface area (Å²) in [7, 11) is -3.36. The molecule has 1 saturated heterocycles. The number of amides is 1. The van der Waals surface area contributed by atoms with E-state index in [0.717, 1.165) is 29.0 Å². The van der Waals surface area contributed by atoms with E-state index in [1.165, 1.54) is 9.87 Å². The number of halogens is 1. The van der Waals surface area contributed by atoms with Gasteiger partial charge in [0.2, 0.25) is 15.9 Å². The Morgan fingerprint density at radius 3 is 2.47 bits per heavy atom. The van der Waals surface area contributed by atoms with Crippen LogP contribution in [0.4, 0.5) is 0 Å². The van der Waals surface area contributed by atoms with Gasteiger partial charge in [-0.1, -0.05) is 53.6 Å². The molecule has 2 aromatic carbocycles. The van der Waals surface area contributed by atoms with Gasteiger partial charge in [0.1, 0.15) is 0 Å². The van der Waals surface area contributed by atoms with Gasteiger partial charge in [-0.15, -0.1) is 0 Å². The van der Waals surface area contributed by atoms with Crippen molar-refractivity contribution in [2.24, 2.45) is 5.92 Å². The molecule has 7 heteroatoms. The van der Waals surface area contributed by atoms with Crippen molar-refractivity contribution >= 4 is 27.5 Å². The maximum absolute atomic E-state index is 12.7. The maximum Gasteiger partial charge on any atom is 0.223 e. The zero-order chi connectivity index (χ0) is 21.6. The van der Waals surface area contributed by atoms with Crippen molar-refractivity contribution in [1.29, 1.82) is 0 Å². The first kappa shape index (κ1) is 22.8. The average Bonchev–Trinajstić information content (AvgIpc) is 2.72. The second-order valence-electron chi connectivity index (χ2n) is 7.94. The average molecular weight is 449 g/mol. The van der Waals surface area contributed by atoms with E-state index in [0.29, 0.717) is 32.5 Å². The van der Waals surface area contributed by atoms with Crippen LogP contribution in [0.1, 0.15) is 36.0 Å². The largest absolute Gasteiger partial charge is 0.356 e. The molecule has 0 spiro atoms. The summed E-state index contributed by atoms with van der Waals surface area (Å²) in [5.74, 6) is -0.0798. The molecule has 0 radical (unpaired) electrons. The Hall–Kier alpha value is -1.89. The summed E-state index contributed by atoms with van der Waals surface area (Å²) < 4.78 is 27.0. The minimum absolute atomic E-state index is 0.0102. The molecule has 1 fully saturated rings. The van der Waals surface area contributed by atoms with Crippen LogP contribution in [0.5, 0.6) is 0 Å². The first-order valence-corrected chi connectivity index (χ1v) is 12.4. The van der Waals surface area contributed by atoms with Gasteiger partial charge in [-0.05, 0) is 55.9 Å². The fourth-order valence-electron chi connectivity index (χ4n) is 3.80. The SMILES string of the molecule is Cc1cccc(CS(=O)(=O)N2CCC(C(=O)NCCCc3ccc(Cl)cc3)CC2)c1. The summed E-state index contributed by atoms with van der Waals surface area (Å²) in [6.07, 6.45) is 2.87. The number of hydrogen-bond donors (Lipinski definition) is 1. The van der Waals surface area contributed by atoms with Crippen molar-refractivity contribution < 1.29 is 13.2 Å². The minimum Gasteiger partial charge on any atom is -0.356 e. The van der Waals surface area contributed by atoms with E-state index in [2.05, 4.69) is 5.32 Å². The molecular formula is C23H29ClN2O3S. The molecular weight excluding hydrogens is 420 g/mol. The van der Waals surface area contributed by atoms with Crippen molar-refractivity contribution in [1.82, 2.24) is 9.62 Å². The lowest BCUT2D eigenvalue weighted by Gasteiger charge is -2.30. The van der Waals surface area contributed by atoms with E-state index in [1.807, 2.05) is 55.5 Å². The zero-order valence-corrected chi connectivity index (χ0v) is 18.9. The van der Waals surface area contributed by atoms with E-state index in [-0.39, 0.29) is 17.6 Å². The van der Waals surface area contributed by atoms with Gasteiger partial charge in [0.25, 0.3) is 0 Å². The van der Waals surface area contributed by atoms with Crippen molar-refractivity contribution in [3.8, 4) is 0 Å². The molecule has 1 aliphatic heterocycles. The number of carbonyl (C=O) groups excluding carboxylic acids is 1. The molecule has 5 nitrogen and oxygen atoms in total. The Balaban J connectivity index is 1.40. The summed E-state index contributed by atoms with van der Waals surface area (Å²) in [5, 5.41) is 3.72. The van der Waals surface area contributed by atoms with Crippen LogP contribution in [0.25, 0.3) is 0 Å². The number of carbonyl (C=O) groups is 1. The molecule has 1 heterocycles. The van der Waals surface area contributed by atoms with Gasteiger partial charge in [0, 0.05) is 30.6 Å². The lowest BCUT2D eigenvalue weighted by molar-refractivity contribution is -0.126. The highest BCUT2D eigenvalue weighted by Crippen LogP contribution is 2.22. The Morgan fingerprint density at radius 1 is 1.10 bits per heavy atom. The highest BCUT2D eigenvalue weighted by atomic mass is 35.5. The second-order valence-corrected chi connectivity index (χ2v) is 10.3. The van der Waals surface area contributed by atoms with Gasteiger partial charge in [-0.2, -0.15) is 0 Å². The fourth-order valence-corrected chi connectivity index (χ4v) is 5.48. The van der Waals surface area contributed by atoms with E-state index < -0.39 is 10.0 Å². The number of piperidine rings is 1. The van der Waals surface area contributed by atoms with Crippen molar-refractivity contribution in [3.63, 3.8) is 0 Å². The summed E-state index contributed by atoms with van der Waals surface area (Å²) in [4.78, 5) is 12.4. The third kappa shape index (κ3) is 6.56. The monoisotopic (exact) mass is 448 g/mol. The Morgan fingerprint density at radius 2 is 1.80 bits per heavy atom. The van der Waals surface area contributed by atoms with Crippen LogP contribution in [-0.4, -0.2) is 38.3 Å². The molecule has 0 atom stereocenters. The standard InChI is InChI=1S/C23H29ClN2O3S/c1-18-4-2-5-20(16-18)17-30(28,29)26-14-11-21(12-15-26)23(27)25-13-3-6-19-7-9-22(24)10-8-19/h2,4-5,7-10,16,21H,3,6,11-15,17H2,1H3,(H,25,27). The van der Waals surface area contributed by atoms with Crippen LogP contribution in [0.15, 0.2) is 48.5 Å². The topological polar surface area (TPSA) is 66.5 Å². The molecule has 30 heavy (non-hydrogen) atoms. The Labute approximate surface area is 184 Å². The van der Waals surface area contributed by atoms with Crippen LogP contribution in [-0.2, 0) is 27.0 Å². The van der Waals surface area contributed by atoms with Crippen LogP contribution >= 0.6 is 11.6 Å². The Kier molecular flexibility index (Phi) is 7.92. The van der Waals surface area contributed by atoms with Gasteiger partial charge in [0.15, 0.2) is 0 Å². The first-order valence-electron chi connectivity index (χ1n) is 10.4. The van der Waals surface area contributed by atoms with E-state index >= 15 is 0 Å². The zero-order valence-electron chi connectivity index (χ0n) is 17.3. The number of hydrogen-bond acceptors (Lipinski definition) is 3. The molecule has 0 bridgehead atoms. The van der Waals surface area contributed by atoms with E-state index in [9.17, 15) is 13.2 Å². The van der Waals surface area contributed by atoms with Crippen LogP contribution in [0, 0.1) is 12.8 Å². The molecule has 2 aromatic rings. The molecule has 0 unspecified atom stereocenters. The number of rotatable bonds is 8. The molecule has 0 aliphatic carbocycles. The number of nitrogens with one attached hydrogen (secondary N) is 1. The lowest BCUT2D eigenvalue weighted by atomic mass is 9.97. The summed E-state index contributed by atoms with van der Waals surface area (Å²) in [5.41, 5.74) is 3.05. The number of sulfonamides is 1. The second kappa shape index (κ2) is 10.4. The fraction of sp³-hybridized carbons (Fsp3) is 0.435. The third-order valence-electron chi connectivity index (χ3n) is 5.50. The van der Waals surface area contributed by atoms with Crippen LogP contribution in [0.3, 0.4) is 0 Å². The van der Waals surface area contributed by atoms with Crippen molar-refractivity contribution in [2.45, 2.75) is 38.4 Å². The van der Waals surface area contributed by atoms with Gasteiger partial charge >= 0.3 is 0 Å². The first-order chi connectivity index (χ1) is 14.3. The maximum atomic E-state index is 12.7. The highest BCUT2D eigenvalue weighted by molar-refractivity contribution is 7.88. The molecule has 1 aliphatic rings. The molecule has 1 amide bonds. The van der Waals surface area contributed by atoms with Gasteiger partial charge < -0.3 is 5.32 Å². The van der Waals surface area contributed by atoms with Gasteiger partial charge in [-0.25, -0.2) is 12.7 Å². The van der Waals surface area contributed by atoms with Crippen LogP contribution in [0.2, 0.25) is 5.02 Å². The quantitative estimate of drug-likeness (QED) is 0.622. The molecule has 162 valence electrons. The summed E-state index contributed by atoms with van der Waals surface area (Å²) >= 11 is 5.89. The third-order valence-corrected chi connectivity index (χ3v) is 7.61.